The first-order valence-electron chi connectivity index (χ1n) is 11.5. The van der Waals surface area contributed by atoms with Crippen molar-refractivity contribution >= 4 is 23.5 Å². The second-order valence-corrected chi connectivity index (χ2v) is 10.2. The molecule has 1 saturated heterocycles. The van der Waals surface area contributed by atoms with E-state index < -0.39 is 29.3 Å². The molecule has 2 atom stereocenters. The van der Waals surface area contributed by atoms with Crippen LogP contribution in [0.4, 0.5) is 20.4 Å². The van der Waals surface area contributed by atoms with Crippen molar-refractivity contribution in [2.24, 2.45) is 0 Å². The van der Waals surface area contributed by atoms with Crippen molar-refractivity contribution in [3.05, 3.63) is 30.1 Å². The third-order valence-electron chi connectivity index (χ3n) is 6.22. The van der Waals surface area contributed by atoms with Crippen molar-refractivity contribution in [2.45, 2.75) is 63.9 Å². The lowest BCUT2D eigenvalue weighted by Crippen LogP contribution is -2.41. The first-order valence-corrected chi connectivity index (χ1v) is 11.5. The molecule has 0 saturated carbocycles. The van der Waals surface area contributed by atoms with Crippen molar-refractivity contribution in [3.8, 4) is 17.2 Å². The molecule has 2 aromatic rings. The summed E-state index contributed by atoms with van der Waals surface area (Å²) in [7, 11) is 0. The minimum atomic E-state index is -3.77. The predicted octanol–water partition coefficient (Wildman–Crippen LogP) is 3.40. The summed E-state index contributed by atoms with van der Waals surface area (Å²) in [5.74, 6) is -0.146. The van der Waals surface area contributed by atoms with Gasteiger partial charge in [0.1, 0.15) is 35.2 Å². The van der Waals surface area contributed by atoms with E-state index >= 15 is 0 Å². The van der Waals surface area contributed by atoms with Crippen molar-refractivity contribution in [2.75, 3.05) is 23.4 Å². The van der Waals surface area contributed by atoms with E-state index in [2.05, 4.69) is 24.8 Å². The Kier molecular flexibility index (Phi) is 5.45. The van der Waals surface area contributed by atoms with Crippen molar-refractivity contribution in [3.63, 3.8) is 0 Å². The van der Waals surface area contributed by atoms with Crippen LogP contribution in [-0.4, -0.2) is 52.9 Å². The second kappa shape index (κ2) is 8.17. The van der Waals surface area contributed by atoms with E-state index in [9.17, 15) is 18.4 Å². The molecule has 0 bridgehead atoms. The Bertz CT molecular complexity index is 1220. The molecule has 3 aliphatic rings. The number of aromatic nitrogens is 2. The van der Waals surface area contributed by atoms with Crippen LogP contribution in [0.1, 0.15) is 46.1 Å². The third kappa shape index (κ3) is 4.35. The Balaban J connectivity index is 1.29. The summed E-state index contributed by atoms with van der Waals surface area (Å²) < 4.78 is 47.0. The number of amides is 1. The van der Waals surface area contributed by atoms with E-state index in [1.165, 1.54) is 24.5 Å². The lowest BCUT2D eigenvalue weighted by atomic mass is 9.83. The molecule has 0 radical (unpaired) electrons. The van der Waals surface area contributed by atoms with E-state index in [1.54, 1.807) is 6.92 Å². The number of fused-ring (bicyclic) bond motifs is 2. The minimum absolute atomic E-state index is 0.00961. The molecular weight excluding hydrogens is 478 g/mol. The van der Waals surface area contributed by atoms with Gasteiger partial charge < -0.3 is 29.2 Å². The van der Waals surface area contributed by atoms with Gasteiger partial charge in [0.2, 0.25) is 5.91 Å². The highest BCUT2D eigenvalue weighted by Gasteiger charge is 2.49. The SMILES string of the molecule is CC(C)(C)OC(=O)C1CCCN1c1cnc(NC(=O)[C@@]2(C)COc3cc4c(cc32)OC(F)(F)O4)cn1. The Morgan fingerprint density at radius 1 is 1.14 bits per heavy atom. The predicted molar refractivity (Wildman–Crippen MR) is 122 cm³/mol. The number of carbonyl (C=O) groups is 2. The molecule has 1 N–H and O–H groups in total. The fraction of sp³-hybridized carbons (Fsp3) is 0.500. The van der Waals surface area contributed by atoms with Gasteiger partial charge in [-0.25, -0.2) is 14.8 Å². The van der Waals surface area contributed by atoms with Gasteiger partial charge in [-0.05, 0) is 46.6 Å². The molecule has 10 nitrogen and oxygen atoms in total. The first-order chi connectivity index (χ1) is 16.8. The summed E-state index contributed by atoms with van der Waals surface area (Å²) in [6.45, 7) is 7.71. The van der Waals surface area contributed by atoms with Crippen LogP contribution in [0.5, 0.6) is 17.2 Å². The average Bonchev–Trinajstić information content (AvgIpc) is 3.47. The zero-order chi connectivity index (χ0) is 25.9. The molecule has 5 rings (SSSR count). The normalized spacial score (nSPS) is 23.7. The van der Waals surface area contributed by atoms with E-state index in [4.69, 9.17) is 9.47 Å². The molecule has 192 valence electrons. The smallest absolute Gasteiger partial charge is 0.492 e. The summed E-state index contributed by atoms with van der Waals surface area (Å²) in [6.07, 6.45) is 0.576. The van der Waals surface area contributed by atoms with Crippen LogP contribution in [0.3, 0.4) is 0 Å². The lowest BCUT2D eigenvalue weighted by molar-refractivity contribution is -0.286. The number of carbonyl (C=O) groups excluding carboxylic acids is 2. The monoisotopic (exact) mass is 504 g/mol. The van der Waals surface area contributed by atoms with Crippen LogP contribution in [0.25, 0.3) is 0 Å². The Hall–Kier alpha value is -3.70. The Labute approximate surface area is 205 Å². The number of hydrogen-bond donors (Lipinski definition) is 1. The van der Waals surface area contributed by atoms with Gasteiger partial charge >= 0.3 is 12.3 Å². The lowest BCUT2D eigenvalue weighted by Gasteiger charge is -2.28. The molecule has 0 aliphatic carbocycles. The average molecular weight is 504 g/mol. The maximum Gasteiger partial charge on any atom is 0.586 e. The summed E-state index contributed by atoms with van der Waals surface area (Å²) in [5, 5.41) is 2.71. The van der Waals surface area contributed by atoms with Crippen LogP contribution >= 0.6 is 0 Å². The summed E-state index contributed by atoms with van der Waals surface area (Å²) in [5.41, 5.74) is -1.39. The number of halogens is 2. The molecule has 0 spiro atoms. The van der Waals surface area contributed by atoms with Crippen molar-refractivity contribution < 1.29 is 37.3 Å². The molecule has 1 aromatic carbocycles. The number of hydrogen-bond acceptors (Lipinski definition) is 9. The summed E-state index contributed by atoms with van der Waals surface area (Å²) in [4.78, 5) is 36.3. The number of esters is 1. The number of alkyl halides is 2. The quantitative estimate of drug-likeness (QED) is 0.626. The molecular formula is C24H26F2N4O6. The zero-order valence-corrected chi connectivity index (χ0v) is 20.3. The van der Waals surface area contributed by atoms with Crippen LogP contribution in [-0.2, 0) is 19.7 Å². The molecule has 36 heavy (non-hydrogen) atoms. The van der Waals surface area contributed by atoms with Gasteiger partial charge in [-0.15, -0.1) is 8.78 Å². The number of benzene rings is 1. The fourth-order valence-corrected chi connectivity index (χ4v) is 4.46. The van der Waals surface area contributed by atoms with E-state index in [0.717, 1.165) is 6.42 Å². The van der Waals surface area contributed by atoms with Crippen molar-refractivity contribution in [1.82, 2.24) is 9.97 Å². The maximum absolute atomic E-state index is 13.4. The maximum atomic E-state index is 13.4. The second-order valence-electron chi connectivity index (χ2n) is 10.2. The minimum Gasteiger partial charge on any atom is -0.492 e. The van der Waals surface area contributed by atoms with Crippen LogP contribution < -0.4 is 24.4 Å². The molecule has 1 fully saturated rings. The molecule has 4 heterocycles. The fourth-order valence-electron chi connectivity index (χ4n) is 4.46. The third-order valence-corrected chi connectivity index (χ3v) is 6.22. The highest BCUT2D eigenvalue weighted by molar-refractivity contribution is 5.99. The summed E-state index contributed by atoms with van der Waals surface area (Å²) >= 11 is 0. The van der Waals surface area contributed by atoms with Gasteiger partial charge in [-0.3, -0.25) is 4.79 Å². The van der Waals surface area contributed by atoms with Gasteiger partial charge in [-0.1, -0.05) is 0 Å². The highest BCUT2D eigenvalue weighted by Crippen LogP contribution is 2.50. The van der Waals surface area contributed by atoms with Gasteiger partial charge in [-0.2, -0.15) is 0 Å². The van der Waals surface area contributed by atoms with Crippen LogP contribution in [0.2, 0.25) is 0 Å². The van der Waals surface area contributed by atoms with E-state index in [-0.39, 0.29) is 35.6 Å². The van der Waals surface area contributed by atoms with Crippen molar-refractivity contribution in [1.29, 1.82) is 0 Å². The van der Waals surface area contributed by atoms with Crippen LogP contribution in [0, 0.1) is 0 Å². The van der Waals surface area contributed by atoms with E-state index in [0.29, 0.717) is 24.3 Å². The number of nitrogens with zero attached hydrogens (tertiary/aromatic N) is 3. The zero-order valence-electron chi connectivity index (χ0n) is 20.3. The molecule has 1 unspecified atom stereocenters. The molecule has 12 heteroatoms. The Morgan fingerprint density at radius 3 is 2.53 bits per heavy atom. The first kappa shape index (κ1) is 24.0. The van der Waals surface area contributed by atoms with Crippen LogP contribution in [0.15, 0.2) is 24.5 Å². The van der Waals surface area contributed by atoms with Gasteiger partial charge in [0.25, 0.3) is 0 Å². The molecule has 1 aromatic heterocycles. The number of nitrogens with one attached hydrogen (secondary N) is 1. The standard InChI is InChI=1S/C24H26F2N4O6/c1-22(2,3)36-20(31)14-6-5-7-30(14)19-11-27-18(10-28-19)29-21(32)23(4)12-33-15-9-17-16(8-13(15)23)34-24(25,26)35-17/h8-11,14H,5-7,12H2,1-4H3,(H,27,29,32)/t14?,23-/m0/s1. The number of anilines is 2. The van der Waals surface area contributed by atoms with Gasteiger partial charge in [0.15, 0.2) is 17.3 Å². The van der Waals surface area contributed by atoms with Gasteiger partial charge in [0.05, 0.1) is 12.4 Å². The highest BCUT2D eigenvalue weighted by atomic mass is 19.3. The largest absolute Gasteiger partial charge is 0.586 e. The summed E-state index contributed by atoms with van der Waals surface area (Å²) in [6, 6.07) is 2.16. The number of rotatable bonds is 4. The molecule has 3 aliphatic heterocycles. The Morgan fingerprint density at radius 2 is 1.86 bits per heavy atom. The van der Waals surface area contributed by atoms with E-state index in [1.807, 2.05) is 25.7 Å². The van der Waals surface area contributed by atoms with Gasteiger partial charge in [0, 0.05) is 18.2 Å². The number of ether oxygens (including phenoxy) is 4. The molecule has 1 amide bonds. The topological polar surface area (TPSA) is 112 Å².